The van der Waals surface area contributed by atoms with Crippen molar-refractivity contribution in [1.29, 1.82) is 0 Å². The molecule has 0 aliphatic carbocycles. The molecule has 0 fully saturated rings. The van der Waals surface area contributed by atoms with Gasteiger partial charge in [-0.3, -0.25) is 14.4 Å². The monoisotopic (exact) mass is 576 g/mol. The molecule has 5 nitrogen and oxygen atoms in total. The standard InChI is InChI=1S/C33H40N2O3S2/c1-4-28(34-3)31(37)21-24(32(38)35-29(22-39)30(36)5-2)23-40-33(25-15-9-6-10-16-25,26-17-11-7-12-18-26)27-19-13-8-14-20-27/h6-20,24,28-29,34,39H,4-5,21-23H2,1-3H3,(H,35,38)/t24-,28-,29-/m0/s1. The van der Waals surface area contributed by atoms with Crippen LogP contribution in [0.25, 0.3) is 0 Å². The zero-order valence-electron chi connectivity index (χ0n) is 23.5. The Bertz CT molecular complexity index is 1120. The predicted octanol–water partition coefficient (Wildman–Crippen LogP) is 5.68. The fourth-order valence-corrected chi connectivity index (χ4v) is 6.89. The van der Waals surface area contributed by atoms with Crippen LogP contribution >= 0.6 is 24.4 Å². The average molecular weight is 577 g/mol. The molecule has 2 N–H and O–H groups in total. The Morgan fingerprint density at radius 2 is 1.25 bits per heavy atom. The van der Waals surface area contributed by atoms with E-state index in [4.69, 9.17) is 0 Å². The van der Waals surface area contributed by atoms with Gasteiger partial charge in [0.25, 0.3) is 0 Å². The van der Waals surface area contributed by atoms with Crippen molar-refractivity contribution in [2.45, 2.75) is 49.9 Å². The molecule has 7 heteroatoms. The number of carbonyl (C=O) groups is 3. The highest BCUT2D eigenvalue weighted by Gasteiger charge is 2.39. The number of nitrogens with one attached hydrogen (secondary N) is 2. The fraction of sp³-hybridized carbons (Fsp3) is 0.364. The molecule has 0 bridgehead atoms. The van der Waals surface area contributed by atoms with Crippen molar-refractivity contribution in [3.8, 4) is 0 Å². The highest BCUT2D eigenvalue weighted by Crippen LogP contribution is 2.49. The lowest BCUT2D eigenvalue weighted by atomic mass is 9.84. The minimum absolute atomic E-state index is 0.0141. The third-order valence-electron chi connectivity index (χ3n) is 7.24. The largest absolute Gasteiger partial charge is 0.345 e. The molecule has 0 saturated heterocycles. The van der Waals surface area contributed by atoms with E-state index < -0.39 is 16.7 Å². The average Bonchev–Trinajstić information content (AvgIpc) is 3.01. The molecule has 0 radical (unpaired) electrons. The molecule has 3 aromatic carbocycles. The molecular weight excluding hydrogens is 537 g/mol. The summed E-state index contributed by atoms with van der Waals surface area (Å²) < 4.78 is -0.624. The molecule has 3 rings (SSSR count). The maximum Gasteiger partial charge on any atom is 0.225 e. The number of rotatable bonds is 16. The zero-order chi connectivity index (χ0) is 29.0. The fourth-order valence-electron chi connectivity index (χ4n) is 4.96. The van der Waals surface area contributed by atoms with Crippen LogP contribution in [0.15, 0.2) is 91.0 Å². The minimum Gasteiger partial charge on any atom is -0.345 e. The number of carbonyl (C=O) groups excluding carboxylic acids is 3. The van der Waals surface area contributed by atoms with E-state index in [2.05, 4.69) is 59.7 Å². The van der Waals surface area contributed by atoms with Crippen LogP contribution in [0.2, 0.25) is 0 Å². The van der Waals surface area contributed by atoms with E-state index in [0.717, 1.165) is 16.7 Å². The molecular formula is C33H40N2O3S2. The van der Waals surface area contributed by atoms with Crippen molar-refractivity contribution in [1.82, 2.24) is 10.6 Å². The minimum atomic E-state index is -0.683. The van der Waals surface area contributed by atoms with Crippen molar-refractivity contribution in [3.05, 3.63) is 108 Å². The molecule has 0 spiro atoms. The summed E-state index contributed by atoms with van der Waals surface area (Å²) in [7, 11) is 1.76. The summed E-state index contributed by atoms with van der Waals surface area (Å²) in [6, 6.07) is 29.8. The quantitative estimate of drug-likeness (QED) is 0.151. The Morgan fingerprint density at radius 1 is 0.775 bits per heavy atom. The molecule has 0 saturated carbocycles. The lowest BCUT2D eigenvalue weighted by Crippen LogP contribution is -2.46. The van der Waals surface area contributed by atoms with Gasteiger partial charge in [-0.15, -0.1) is 11.8 Å². The van der Waals surface area contributed by atoms with E-state index in [9.17, 15) is 14.4 Å². The van der Waals surface area contributed by atoms with Crippen molar-refractivity contribution in [3.63, 3.8) is 0 Å². The van der Waals surface area contributed by atoms with Gasteiger partial charge in [0, 0.05) is 24.3 Å². The summed E-state index contributed by atoms with van der Waals surface area (Å²) in [5.41, 5.74) is 3.25. The van der Waals surface area contributed by atoms with Crippen LogP contribution in [0.4, 0.5) is 0 Å². The Balaban J connectivity index is 2.07. The van der Waals surface area contributed by atoms with Gasteiger partial charge in [0.05, 0.1) is 22.7 Å². The Kier molecular flexibility index (Phi) is 12.5. The number of thiol groups is 1. The predicted molar refractivity (Wildman–Crippen MR) is 169 cm³/mol. The SMILES string of the molecule is CCC(=O)[C@H](CS)NC(=O)[C@H](CSC(c1ccccc1)(c1ccccc1)c1ccccc1)CC(=O)[C@H](CC)NC. The number of amides is 1. The van der Waals surface area contributed by atoms with Crippen LogP contribution < -0.4 is 10.6 Å². The van der Waals surface area contributed by atoms with Crippen LogP contribution in [0.3, 0.4) is 0 Å². The maximum absolute atomic E-state index is 13.7. The number of hydrogen-bond donors (Lipinski definition) is 3. The summed E-state index contributed by atoms with van der Waals surface area (Å²) in [6.45, 7) is 3.72. The molecule has 0 aliphatic rings. The van der Waals surface area contributed by atoms with E-state index in [-0.39, 0.29) is 35.7 Å². The molecule has 3 aromatic rings. The third-order valence-corrected chi connectivity index (χ3v) is 9.32. The first-order valence-electron chi connectivity index (χ1n) is 13.9. The topological polar surface area (TPSA) is 75.3 Å². The van der Waals surface area contributed by atoms with Gasteiger partial charge in [0.15, 0.2) is 11.6 Å². The van der Waals surface area contributed by atoms with E-state index in [1.807, 2.05) is 61.5 Å². The maximum atomic E-state index is 13.7. The van der Waals surface area contributed by atoms with Crippen molar-refractivity contribution >= 4 is 41.9 Å². The number of hydrogen-bond acceptors (Lipinski definition) is 6. The number of Topliss-reactive ketones (excluding diaryl/α,β-unsaturated/α-hetero) is 2. The van der Waals surface area contributed by atoms with Crippen molar-refractivity contribution in [2.75, 3.05) is 18.6 Å². The second-order valence-electron chi connectivity index (χ2n) is 9.77. The molecule has 212 valence electrons. The first-order chi connectivity index (χ1) is 19.4. The van der Waals surface area contributed by atoms with Crippen LogP contribution in [0, 0.1) is 5.92 Å². The van der Waals surface area contributed by atoms with Gasteiger partial charge >= 0.3 is 0 Å². The zero-order valence-corrected chi connectivity index (χ0v) is 25.2. The van der Waals surface area contributed by atoms with Crippen LogP contribution in [0.5, 0.6) is 0 Å². The van der Waals surface area contributed by atoms with Crippen molar-refractivity contribution in [2.24, 2.45) is 5.92 Å². The van der Waals surface area contributed by atoms with Gasteiger partial charge in [-0.2, -0.15) is 12.6 Å². The van der Waals surface area contributed by atoms with Gasteiger partial charge in [-0.1, -0.05) is 105 Å². The van der Waals surface area contributed by atoms with Crippen LogP contribution in [-0.4, -0.2) is 48.1 Å². The highest BCUT2D eigenvalue weighted by molar-refractivity contribution is 8.00. The summed E-state index contributed by atoms with van der Waals surface area (Å²) in [5, 5.41) is 5.97. The Hall–Kier alpha value is -2.87. The van der Waals surface area contributed by atoms with Gasteiger partial charge in [-0.25, -0.2) is 0 Å². The van der Waals surface area contributed by atoms with E-state index >= 15 is 0 Å². The number of ketones is 2. The third kappa shape index (κ3) is 7.65. The molecule has 40 heavy (non-hydrogen) atoms. The lowest BCUT2D eigenvalue weighted by molar-refractivity contribution is -0.131. The molecule has 1 amide bonds. The second-order valence-corrected chi connectivity index (χ2v) is 11.4. The van der Waals surface area contributed by atoms with E-state index in [1.165, 1.54) is 0 Å². The van der Waals surface area contributed by atoms with Gasteiger partial charge in [0.2, 0.25) is 5.91 Å². The lowest BCUT2D eigenvalue weighted by Gasteiger charge is -2.36. The van der Waals surface area contributed by atoms with Crippen LogP contribution in [-0.2, 0) is 19.1 Å². The summed E-state index contributed by atoms with van der Waals surface area (Å²) in [5.74, 6) is -0.439. The second kappa shape index (κ2) is 15.8. The number of thioether (sulfide) groups is 1. The summed E-state index contributed by atoms with van der Waals surface area (Å²) in [6.07, 6.45) is 1.01. The first kappa shape index (κ1) is 31.7. The highest BCUT2D eigenvalue weighted by atomic mass is 32.2. The normalized spacial score (nSPS) is 13.7. The molecule has 3 atom stereocenters. The van der Waals surface area contributed by atoms with Crippen molar-refractivity contribution < 1.29 is 14.4 Å². The number of likely N-dealkylation sites (N-methyl/N-ethyl adjacent to an activating group) is 1. The molecule has 0 heterocycles. The summed E-state index contributed by atoms with van der Waals surface area (Å²) in [4.78, 5) is 39.4. The smallest absolute Gasteiger partial charge is 0.225 e. The van der Waals surface area contributed by atoms with Gasteiger partial charge in [0.1, 0.15) is 0 Å². The summed E-state index contributed by atoms with van der Waals surface area (Å²) >= 11 is 5.95. The number of benzene rings is 3. The van der Waals surface area contributed by atoms with Gasteiger partial charge < -0.3 is 10.6 Å². The van der Waals surface area contributed by atoms with E-state index in [1.54, 1.807) is 25.7 Å². The Labute approximate surface area is 248 Å². The first-order valence-corrected chi connectivity index (χ1v) is 15.5. The molecule has 0 aliphatic heterocycles. The Morgan fingerprint density at radius 3 is 1.62 bits per heavy atom. The van der Waals surface area contributed by atoms with E-state index in [0.29, 0.717) is 18.6 Å². The molecule has 0 unspecified atom stereocenters. The van der Waals surface area contributed by atoms with Gasteiger partial charge in [-0.05, 0) is 30.2 Å². The van der Waals surface area contributed by atoms with Crippen LogP contribution in [0.1, 0.15) is 49.8 Å². The molecule has 0 aromatic heterocycles.